The van der Waals surface area contributed by atoms with Gasteiger partial charge >= 0.3 is 0 Å². The Kier molecular flexibility index (Phi) is 6.32. The summed E-state index contributed by atoms with van der Waals surface area (Å²) in [6.07, 6.45) is 3.67. The Hall–Kier alpha value is -2.57. The van der Waals surface area contributed by atoms with Gasteiger partial charge in [0.25, 0.3) is 5.91 Å². The second-order valence-corrected chi connectivity index (χ2v) is 6.91. The molecule has 1 fully saturated rings. The summed E-state index contributed by atoms with van der Waals surface area (Å²) >= 11 is 0. The van der Waals surface area contributed by atoms with E-state index in [0.717, 1.165) is 56.5 Å². The number of nitrogens with zero attached hydrogens (tertiary/aromatic N) is 5. The van der Waals surface area contributed by atoms with E-state index in [9.17, 15) is 4.79 Å². The number of carbonyl (C=O) groups is 1. The van der Waals surface area contributed by atoms with Gasteiger partial charge in [0.2, 0.25) is 5.95 Å². The van der Waals surface area contributed by atoms with Crippen LogP contribution in [0.2, 0.25) is 0 Å². The average molecular weight is 371 g/mol. The zero-order valence-electron chi connectivity index (χ0n) is 16.5. The van der Waals surface area contributed by atoms with Crippen LogP contribution in [0.25, 0.3) is 0 Å². The van der Waals surface area contributed by atoms with Gasteiger partial charge in [-0.25, -0.2) is 4.98 Å². The molecule has 0 aliphatic carbocycles. The Morgan fingerprint density at radius 3 is 2.44 bits per heavy atom. The van der Waals surface area contributed by atoms with Crippen molar-refractivity contribution in [3.05, 3.63) is 35.9 Å². The fourth-order valence-electron chi connectivity index (χ4n) is 3.39. The monoisotopic (exact) mass is 371 g/mol. The van der Waals surface area contributed by atoms with Crippen LogP contribution in [0, 0.1) is 6.92 Å². The Labute approximate surface area is 161 Å². The number of aromatic nitrogens is 2. The van der Waals surface area contributed by atoms with E-state index in [4.69, 9.17) is 9.40 Å². The molecule has 3 rings (SSSR count). The summed E-state index contributed by atoms with van der Waals surface area (Å²) in [7, 11) is 0. The Morgan fingerprint density at radius 1 is 1.15 bits per heavy atom. The number of amides is 1. The van der Waals surface area contributed by atoms with Crippen LogP contribution in [-0.2, 0) is 0 Å². The molecule has 2 aromatic heterocycles. The van der Waals surface area contributed by atoms with E-state index >= 15 is 0 Å². The molecule has 0 spiro atoms. The van der Waals surface area contributed by atoms with Gasteiger partial charge in [-0.05, 0) is 31.9 Å². The molecule has 7 heteroatoms. The van der Waals surface area contributed by atoms with E-state index < -0.39 is 0 Å². The summed E-state index contributed by atoms with van der Waals surface area (Å²) in [6, 6.07) is 5.49. The molecule has 146 valence electrons. The maximum absolute atomic E-state index is 12.4. The smallest absolute Gasteiger partial charge is 0.289 e. The van der Waals surface area contributed by atoms with Gasteiger partial charge in [0.15, 0.2) is 5.76 Å². The largest absolute Gasteiger partial charge is 0.459 e. The number of anilines is 2. The van der Waals surface area contributed by atoms with Crippen molar-refractivity contribution >= 4 is 17.7 Å². The minimum absolute atomic E-state index is 0.0451. The zero-order valence-corrected chi connectivity index (χ0v) is 16.5. The first-order valence-corrected chi connectivity index (χ1v) is 9.80. The van der Waals surface area contributed by atoms with E-state index in [0.29, 0.717) is 18.8 Å². The van der Waals surface area contributed by atoms with Crippen LogP contribution in [0.1, 0.15) is 42.9 Å². The van der Waals surface area contributed by atoms with Crippen molar-refractivity contribution in [2.24, 2.45) is 0 Å². The van der Waals surface area contributed by atoms with Gasteiger partial charge in [-0.3, -0.25) is 4.79 Å². The van der Waals surface area contributed by atoms with Gasteiger partial charge in [-0.1, -0.05) is 13.8 Å². The van der Waals surface area contributed by atoms with E-state index in [2.05, 4.69) is 28.6 Å². The average Bonchev–Trinajstić information content (AvgIpc) is 3.22. The number of piperazine rings is 1. The van der Waals surface area contributed by atoms with Crippen LogP contribution in [-0.4, -0.2) is 60.0 Å². The standard InChI is InChI=1S/C20H29N5O2/c1-4-8-25(9-5-2)20-21-16(3)15-18(22-20)23-10-12-24(13-11-23)19(26)17-7-6-14-27-17/h6-7,14-15H,4-5,8-13H2,1-3H3. The first-order valence-electron chi connectivity index (χ1n) is 9.80. The molecule has 2 aromatic rings. The molecule has 0 N–H and O–H groups in total. The van der Waals surface area contributed by atoms with Gasteiger partial charge in [0, 0.05) is 51.0 Å². The van der Waals surface area contributed by atoms with Crippen molar-refractivity contribution in [1.29, 1.82) is 0 Å². The highest BCUT2D eigenvalue weighted by molar-refractivity contribution is 5.91. The summed E-state index contributed by atoms with van der Waals surface area (Å²) < 4.78 is 5.23. The first kappa shape index (κ1) is 19.2. The summed E-state index contributed by atoms with van der Waals surface area (Å²) in [4.78, 5) is 28.2. The zero-order chi connectivity index (χ0) is 19.2. The van der Waals surface area contributed by atoms with Crippen LogP contribution in [0.3, 0.4) is 0 Å². The topological polar surface area (TPSA) is 65.7 Å². The minimum Gasteiger partial charge on any atom is -0.459 e. The molecule has 1 amide bonds. The van der Waals surface area contributed by atoms with Crippen molar-refractivity contribution in [3.8, 4) is 0 Å². The third-order valence-electron chi connectivity index (χ3n) is 4.72. The highest BCUT2D eigenvalue weighted by Crippen LogP contribution is 2.20. The summed E-state index contributed by atoms with van der Waals surface area (Å²) in [5.41, 5.74) is 0.973. The fraction of sp³-hybridized carbons (Fsp3) is 0.550. The second kappa shape index (κ2) is 8.88. The van der Waals surface area contributed by atoms with Crippen LogP contribution in [0.15, 0.2) is 28.9 Å². The van der Waals surface area contributed by atoms with Gasteiger partial charge in [0.05, 0.1) is 6.26 Å². The van der Waals surface area contributed by atoms with E-state index in [1.165, 1.54) is 6.26 Å². The normalized spacial score (nSPS) is 14.5. The lowest BCUT2D eigenvalue weighted by molar-refractivity contribution is 0.0714. The molecular formula is C20H29N5O2. The molecule has 0 bridgehead atoms. The lowest BCUT2D eigenvalue weighted by atomic mass is 10.2. The highest BCUT2D eigenvalue weighted by atomic mass is 16.3. The van der Waals surface area contributed by atoms with E-state index in [1.807, 2.05) is 17.9 Å². The molecule has 0 saturated carbocycles. The Bertz CT molecular complexity index is 733. The number of hydrogen-bond acceptors (Lipinski definition) is 6. The maximum atomic E-state index is 12.4. The Balaban J connectivity index is 1.69. The quantitative estimate of drug-likeness (QED) is 0.745. The van der Waals surface area contributed by atoms with Gasteiger partial charge < -0.3 is 19.1 Å². The van der Waals surface area contributed by atoms with Crippen LogP contribution < -0.4 is 9.80 Å². The predicted molar refractivity (Wildman–Crippen MR) is 106 cm³/mol. The lowest BCUT2D eigenvalue weighted by Crippen LogP contribution is -2.49. The van der Waals surface area contributed by atoms with Crippen LogP contribution >= 0.6 is 0 Å². The molecule has 1 aliphatic heterocycles. The summed E-state index contributed by atoms with van der Waals surface area (Å²) in [5.74, 6) is 2.11. The molecule has 0 unspecified atom stereocenters. The van der Waals surface area contributed by atoms with E-state index in [1.54, 1.807) is 12.1 Å². The summed E-state index contributed by atoms with van der Waals surface area (Å²) in [5, 5.41) is 0. The SMILES string of the molecule is CCCN(CCC)c1nc(C)cc(N2CCN(C(=O)c3ccco3)CC2)n1. The first-order chi connectivity index (χ1) is 13.1. The molecule has 27 heavy (non-hydrogen) atoms. The number of aryl methyl sites for hydroxylation is 1. The molecule has 0 atom stereocenters. The predicted octanol–water partition coefficient (Wildman–Crippen LogP) is 2.97. The van der Waals surface area contributed by atoms with Crippen LogP contribution in [0.4, 0.5) is 11.8 Å². The molecule has 3 heterocycles. The molecular weight excluding hydrogens is 342 g/mol. The number of furan rings is 1. The fourth-order valence-corrected chi connectivity index (χ4v) is 3.39. The minimum atomic E-state index is -0.0451. The Morgan fingerprint density at radius 2 is 1.85 bits per heavy atom. The third-order valence-corrected chi connectivity index (χ3v) is 4.72. The van der Waals surface area contributed by atoms with Crippen molar-refractivity contribution in [3.63, 3.8) is 0 Å². The van der Waals surface area contributed by atoms with Gasteiger partial charge in [-0.15, -0.1) is 0 Å². The molecule has 0 radical (unpaired) electrons. The third kappa shape index (κ3) is 4.59. The molecule has 1 aliphatic rings. The molecule has 1 saturated heterocycles. The number of carbonyl (C=O) groups excluding carboxylic acids is 1. The molecule has 0 aromatic carbocycles. The van der Waals surface area contributed by atoms with E-state index in [-0.39, 0.29) is 5.91 Å². The highest BCUT2D eigenvalue weighted by Gasteiger charge is 2.25. The van der Waals surface area contributed by atoms with Gasteiger partial charge in [0.1, 0.15) is 5.82 Å². The molecule has 7 nitrogen and oxygen atoms in total. The maximum Gasteiger partial charge on any atom is 0.289 e. The van der Waals surface area contributed by atoms with Crippen molar-refractivity contribution < 1.29 is 9.21 Å². The number of rotatable bonds is 7. The lowest BCUT2D eigenvalue weighted by Gasteiger charge is -2.35. The number of hydrogen-bond donors (Lipinski definition) is 0. The van der Waals surface area contributed by atoms with Crippen molar-refractivity contribution in [2.45, 2.75) is 33.6 Å². The summed E-state index contributed by atoms with van der Waals surface area (Å²) in [6.45, 7) is 11.1. The van der Waals surface area contributed by atoms with Gasteiger partial charge in [-0.2, -0.15) is 4.98 Å². The van der Waals surface area contributed by atoms with Crippen molar-refractivity contribution in [1.82, 2.24) is 14.9 Å². The second-order valence-electron chi connectivity index (χ2n) is 6.91. The van der Waals surface area contributed by atoms with Crippen molar-refractivity contribution in [2.75, 3.05) is 49.1 Å². The van der Waals surface area contributed by atoms with Crippen LogP contribution in [0.5, 0.6) is 0 Å².